The molecular formula is C12H14N2O2S. The minimum atomic E-state index is -0.00456. The lowest BCUT2D eigenvalue weighted by Gasteiger charge is -2.02. The second kappa shape index (κ2) is 5.14. The van der Waals surface area contributed by atoms with E-state index in [1.54, 1.807) is 18.4 Å². The molecule has 5 heteroatoms. The summed E-state index contributed by atoms with van der Waals surface area (Å²) in [5, 5.41) is 4.87. The minimum Gasteiger partial charge on any atom is -0.481 e. The van der Waals surface area contributed by atoms with E-state index >= 15 is 0 Å². The lowest BCUT2D eigenvalue weighted by molar-refractivity contribution is -0.118. The Balaban J connectivity index is 2.19. The van der Waals surface area contributed by atoms with Crippen LogP contribution in [0.15, 0.2) is 17.5 Å². The van der Waals surface area contributed by atoms with Gasteiger partial charge in [0, 0.05) is 19.5 Å². The van der Waals surface area contributed by atoms with E-state index in [0.29, 0.717) is 12.4 Å². The highest BCUT2D eigenvalue weighted by molar-refractivity contribution is 7.17. The van der Waals surface area contributed by atoms with Crippen LogP contribution in [0.3, 0.4) is 0 Å². The second-order valence-corrected chi connectivity index (χ2v) is 4.61. The SMILES string of the molecule is COc1ccc2scc(CCNC(C)=O)c2n1. The van der Waals surface area contributed by atoms with E-state index in [1.165, 1.54) is 6.92 Å². The summed E-state index contributed by atoms with van der Waals surface area (Å²) in [6.45, 7) is 2.16. The number of carbonyl (C=O) groups is 1. The van der Waals surface area contributed by atoms with Gasteiger partial charge in [0.05, 0.1) is 17.3 Å². The molecule has 90 valence electrons. The van der Waals surface area contributed by atoms with E-state index in [0.717, 1.165) is 22.2 Å². The molecule has 0 aliphatic rings. The highest BCUT2D eigenvalue weighted by Crippen LogP contribution is 2.26. The third-order valence-corrected chi connectivity index (χ3v) is 3.43. The molecule has 0 aliphatic heterocycles. The van der Waals surface area contributed by atoms with Gasteiger partial charge in [-0.3, -0.25) is 4.79 Å². The van der Waals surface area contributed by atoms with Gasteiger partial charge >= 0.3 is 0 Å². The van der Waals surface area contributed by atoms with Crippen molar-refractivity contribution in [2.24, 2.45) is 0 Å². The molecule has 0 atom stereocenters. The number of ether oxygens (including phenoxy) is 1. The number of rotatable bonds is 4. The van der Waals surface area contributed by atoms with Crippen molar-refractivity contribution >= 4 is 27.5 Å². The van der Waals surface area contributed by atoms with Gasteiger partial charge in [-0.2, -0.15) is 0 Å². The molecule has 0 aromatic carbocycles. The molecule has 1 amide bonds. The molecule has 0 saturated carbocycles. The summed E-state index contributed by atoms with van der Waals surface area (Å²) in [6, 6.07) is 3.87. The monoisotopic (exact) mass is 250 g/mol. The highest BCUT2D eigenvalue weighted by atomic mass is 32.1. The zero-order valence-corrected chi connectivity index (χ0v) is 10.6. The molecule has 0 bridgehead atoms. The summed E-state index contributed by atoms with van der Waals surface area (Å²) in [7, 11) is 1.61. The van der Waals surface area contributed by atoms with Gasteiger partial charge in [0.15, 0.2) is 0 Å². The van der Waals surface area contributed by atoms with Gasteiger partial charge in [-0.05, 0) is 23.4 Å². The number of aromatic nitrogens is 1. The number of carbonyl (C=O) groups excluding carboxylic acids is 1. The van der Waals surface area contributed by atoms with Crippen molar-refractivity contribution in [3.8, 4) is 5.88 Å². The molecule has 17 heavy (non-hydrogen) atoms. The Bertz CT molecular complexity index is 536. The number of thiophene rings is 1. The molecule has 1 N–H and O–H groups in total. The summed E-state index contributed by atoms with van der Waals surface area (Å²) >= 11 is 1.66. The lowest BCUT2D eigenvalue weighted by atomic mass is 10.2. The number of hydrogen-bond acceptors (Lipinski definition) is 4. The van der Waals surface area contributed by atoms with Gasteiger partial charge in [-0.1, -0.05) is 0 Å². The molecule has 2 aromatic heterocycles. The lowest BCUT2D eigenvalue weighted by Crippen LogP contribution is -2.22. The van der Waals surface area contributed by atoms with Crippen molar-refractivity contribution < 1.29 is 9.53 Å². The summed E-state index contributed by atoms with van der Waals surface area (Å²) in [4.78, 5) is 15.2. The van der Waals surface area contributed by atoms with Crippen LogP contribution in [0.5, 0.6) is 5.88 Å². The van der Waals surface area contributed by atoms with Gasteiger partial charge in [-0.15, -0.1) is 11.3 Å². The molecule has 0 fully saturated rings. The average molecular weight is 250 g/mol. The highest BCUT2D eigenvalue weighted by Gasteiger charge is 2.07. The number of fused-ring (bicyclic) bond motifs is 1. The topological polar surface area (TPSA) is 51.2 Å². The molecular weight excluding hydrogens is 236 g/mol. The van der Waals surface area contributed by atoms with E-state index in [9.17, 15) is 4.79 Å². The summed E-state index contributed by atoms with van der Waals surface area (Å²) in [5.41, 5.74) is 2.12. The Labute approximate surface area is 104 Å². The van der Waals surface area contributed by atoms with Crippen molar-refractivity contribution in [3.05, 3.63) is 23.1 Å². The van der Waals surface area contributed by atoms with Gasteiger partial charge < -0.3 is 10.1 Å². The van der Waals surface area contributed by atoms with Crippen molar-refractivity contribution in [3.63, 3.8) is 0 Å². The number of methoxy groups -OCH3 is 1. The number of hydrogen-bond donors (Lipinski definition) is 1. The summed E-state index contributed by atoms with van der Waals surface area (Å²) < 4.78 is 6.26. The first-order chi connectivity index (χ1) is 8.20. The fraction of sp³-hybridized carbons (Fsp3) is 0.333. The van der Waals surface area contributed by atoms with Gasteiger partial charge in [-0.25, -0.2) is 4.98 Å². The molecule has 0 spiro atoms. The first kappa shape index (κ1) is 11.9. The van der Waals surface area contributed by atoms with E-state index in [4.69, 9.17) is 4.74 Å². The Morgan fingerprint density at radius 1 is 1.53 bits per heavy atom. The smallest absolute Gasteiger partial charge is 0.216 e. The molecule has 4 nitrogen and oxygen atoms in total. The third-order valence-electron chi connectivity index (χ3n) is 2.44. The molecule has 0 radical (unpaired) electrons. The zero-order chi connectivity index (χ0) is 12.3. The van der Waals surface area contributed by atoms with E-state index in [1.807, 2.05) is 12.1 Å². The van der Waals surface area contributed by atoms with Crippen LogP contribution in [0.4, 0.5) is 0 Å². The summed E-state index contributed by atoms with van der Waals surface area (Å²) in [6.07, 6.45) is 0.791. The van der Waals surface area contributed by atoms with Crippen LogP contribution in [0.2, 0.25) is 0 Å². The van der Waals surface area contributed by atoms with Crippen molar-refractivity contribution in [1.29, 1.82) is 0 Å². The number of pyridine rings is 1. The van der Waals surface area contributed by atoms with Crippen LogP contribution in [-0.2, 0) is 11.2 Å². The molecule has 2 aromatic rings. The molecule has 2 rings (SSSR count). The average Bonchev–Trinajstić information content (AvgIpc) is 2.71. The number of amides is 1. The maximum absolute atomic E-state index is 10.8. The molecule has 0 aliphatic carbocycles. The van der Waals surface area contributed by atoms with Gasteiger partial charge in [0.1, 0.15) is 0 Å². The molecule has 0 saturated heterocycles. The molecule has 2 heterocycles. The summed E-state index contributed by atoms with van der Waals surface area (Å²) in [5.74, 6) is 0.617. The standard InChI is InChI=1S/C12H14N2O2S/c1-8(15)13-6-5-9-7-17-10-3-4-11(16-2)14-12(9)10/h3-4,7H,5-6H2,1-2H3,(H,13,15). The molecule has 0 unspecified atom stereocenters. The van der Waals surface area contributed by atoms with Crippen molar-refractivity contribution in [2.45, 2.75) is 13.3 Å². The third kappa shape index (κ3) is 2.74. The van der Waals surface area contributed by atoms with Crippen LogP contribution in [-0.4, -0.2) is 24.5 Å². The van der Waals surface area contributed by atoms with E-state index in [-0.39, 0.29) is 5.91 Å². The predicted molar refractivity (Wildman–Crippen MR) is 68.6 cm³/mol. The van der Waals surface area contributed by atoms with Gasteiger partial charge in [0.25, 0.3) is 0 Å². The minimum absolute atomic E-state index is 0.00456. The van der Waals surface area contributed by atoms with Crippen molar-refractivity contribution in [2.75, 3.05) is 13.7 Å². The maximum atomic E-state index is 10.8. The largest absolute Gasteiger partial charge is 0.481 e. The number of nitrogens with one attached hydrogen (secondary N) is 1. The van der Waals surface area contributed by atoms with E-state index < -0.39 is 0 Å². The Kier molecular flexibility index (Phi) is 3.58. The Morgan fingerprint density at radius 2 is 2.35 bits per heavy atom. The van der Waals surface area contributed by atoms with Gasteiger partial charge in [0.2, 0.25) is 11.8 Å². The number of nitrogens with zero attached hydrogens (tertiary/aromatic N) is 1. The predicted octanol–water partition coefficient (Wildman–Crippen LogP) is 1.98. The van der Waals surface area contributed by atoms with E-state index in [2.05, 4.69) is 15.7 Å². The zero-order valence-electron chi connectivity index (χ0n) is 9.82. The van der Waals surface area contributed by atoms with Crippen LogP contribution in [0.1, 0.15) is 12.5 Å². The first-order valence-electron chi connectivity index (χ1n) is 5.36. The Morgan fingerprint density at radius 3 is 3.06 bits per heavy atom. The second-order valence-electron chi connectivity index (χ2n) is 3.69. The quantitative estimate of drug-likeness (QED) is 0.902. The first-order valence-corrected chi connectivity index (χ1v) is 6.24. The van der Waals surface area contributed by atoms with Crippen LogP contribution < -0.4 is 10.1 Å². The van der Waals surface area contributed by atoms with Crippen LogP contribution >= 0.6 is 11.3 Å². The maximum Gasteiger partial charge on any atom is 0.216 e. The van der Waals surface area contributed by atoms with Crippen LogP contribution in [0, 0.1) is 0 Å². The normalized spacial score (nSPS) is 10.5. The fourth-order valence-electron chi connectivity index (χ4n) is 1.61. The van der Waals surface area contributed by atoms with Crippen molar-refractivity contribution in [1.82, 2.24) is 10.3 Å². The Hall–Kier alpha value is -1.62. The fourth-order valence-corrected chi connectivity index (χ4v) is 2.54. The van der Waals surface area contributed by atoms with Crippen LogP contribution in [0.25, 0.3) is 10.2 Å².